The Morgan fingerprint density at radius 1 is 1.21 bits per heavy atom. The monoisotopic (exact) mass is 408 g/mol. The lowest BCUT2D eigenvalue weighted by molar-refractivity contribution is -0.384. The van der Waals surface area contributed by atoms with E-state index in [-0.39, 0.29) is 23.8 Å². The van der Waals surface area contributed by atoms with E-state index in [1.54, 1.807) is 18.3 Å². The van der Waals surface area contributed by atoms with Gasteiger partial charge < -0.3 is 14.6 Å². The van der Waals surface area contributed by atoms with Crippen molar-refractivity contribution < 1.29 is 9.34 Å². The summed E-state index contributed by atoms with van der Waals surface area (Å²) < 4.78 is 6.18. The van der Waals surface area contributed by atoms with E-state index in [1.165, 1.54) is 12.1 Å². The first-order valence-corrected chi connectivity index (χ1v) is 9.71. The van der Waals surface area contributed by atoms with Crippen LogP contribution in [0.4, 0.5) is 5.69 Å². The number of furan rings is 1. The molecule has 7 nitrogen and oxygen atoms in total. The van der Waals surface area contributed by atoms with Crippen molar-refractivity contribution in [2.75, 3.05) is 0 Å². The standard InChI is InChI=1S/C21H20N4O3S/c1-13(2)24-20(19(23-21(24)29)16-8-3-4-11-22-16)18-10-9-17(28-18)14-6-5-7-15(12-14)25(26)27/h3-13,19-20H,1-2H3,(H,23,29). The minimum Gasteiger partial charge on any atom is -0.459 e. The fraction of sp³-hybridized carbons (Fsp3) is 0.238. The number of pyridine rings is 1. The summed E-state index contributed by atoms with van der Waals surface area (Å²) in [5, 5.41) is 15.1. The summed E-state index contributed by atoms with van der Waals surface area (Å²) in [6.45, 7) is 4.15. The number of nitro benzene ring substituents is 1. The van der Waals surface area contributed by atoms with Crippen molar-refractivity contribution in [2.24, 2.45) is 0 Å². The Labute approximate surface area is 173 Å². The maximum Gasteiger partial charge on any atom is 0.270 e. The molecule has 1 aliphatic heterocycles. The number of rotatable bonds is 5. The van der Waals surface area contributed by atoms with Crippen LogP contribution in [0.25, 0.3) is 11.3 Å². The highest BCUT2D eigenvalue weighted by atomic mass is 32.1. The normalized spacial score (nSPS) is 18.9. The molecule has 0 bridgehead atoms. The summed E-state index contributed by atoms with van der Waals surface area (Å²) in [5.74, 6) is 1.30. The van der Waals surface area contributed by atoms with Crippen molar-refractivity contribution in [3.63, 3.8) is 0 Å². The van der Waals surface area contributed by atoms with Crippen molar-refractivity contribution in [3.8, 4) is 11.3 Å². The zero-order chi connectivity index (χ0) is 20.5. The van der Waals surface area contributed by atoms with Crippen LogP contribution in [-0.2, 0) is 0 Å². The number of hydrogen-bond donors (Lipinski definition) is 1. The predicted octanol–water partition coefficient (Wildman–Crippen LogP) is 4.63. The fourth-order valence-electron chi connectivity index (χ4n) is 3.67. The lowest BCUT2D eigenvalue weighted by Crippen LogP contribution is -2.35. The van der Waals surface area contributed by atoms with Gasteiger partial charge in [-0.25, -0.2) is 0 Å². The molecule has 1 fully saturated rings. The molecule has 1 N–H and O–H groups in total. The summed E-state index contributed by atoms with van der Waals surface area (Å²) in [5.41, 5.74) is 1.56. The molecule has 29 heavy (non-hydrogen) atoms. The van der Waals surface area contributed by atoms with Gasteiger partial charge in [0.15, 0.2) is 5.11 Å². The minimum absolute atomic E-state index is 0.0272. The van der Waals surface area contributed by atoms with Crippen molar-refractivity contribution in [1.82, 2.24) is 15.2 Å². The van der Waals surface area contributed by atoms with Crippen LogP contribution in [0, 0.1) is 10.1 Å². The molecule has 0 radical (unpaired) electrons. The quantitative estimate of drug-likeness (QED) is 0.374. The molecule has 4 rings (SSSR count). The summed E-state index contributed by atoms with van der Waals surface area (Å²) in [7, 11) is 0. The zero-order valence-electron chi connectivity index (χ0n) is 16.0. The highest BCUT2D eigenvalue weighted by Gasteiger charge is 2.42. The highest BCUT2D eigenvalue weighted by molar-refractivity contribution is 7.80. The van der Waals surface area contributed by atoms with Gasteiger partial charge in [0.2, 0.25) is 0 Å². The third kappa shape index (κ3) is 3.58. The second-order valence-corrected chi connectivity index (χ2v) is 7.52. The van der Waals surface area contributed by atoms with Gasteiger partial charge in [-0.1, -0.05) is 18.2 Å². The van der Waals surface area contributed by atoms with E-state index in [0.717, 1.165) is 11.5 Å². The second kappa shape index (κ2) is 7.63. The van der Waals surface area contributed by atoms with Gasteiger partial charge in [0.1, 0.15) is 17.6 Å². The topological polar surface area (TPSA) is 84.4 Å². The average Bonchev–Trinajstić information content (AvgIpc) is 3.33. The number of non-ortho nitro benzene ring substituents is 1. The van der Waals surface area contributed by atoms with Crippen molar-refractivity contribution in [3.05, 3.63) is 82.4 Å². The van der Waals surface area contributed by atoms with Crippen LogP contribution in [0.5, 0.6) is 0 Å². The Balaban J connectivity index is 1.74. The predicted molar refractivity (Wildman–Crippen MR) is 113 cm³/mol. The maximum atomic E-state index is 11.1. The number of nitrogens with zero attached hydrogens (tertiary/aromatic N) is 3. The van der Waals surface area contributed by atoms with Crippen LogP contribution >= 0.6 is 12.2 Å². The van der Waals surface area contributed by atoms with Crippen molar-refractivity contribution in [1.29, 1.82) is 0 Å². The minimum atomic E-state index is -0.412. The third-order valence-corrected chi connectivity index (χ3v) is 5.28. The van der Waals surface area contributed by atoms with E-state index in [1.807, 2.05) is 30.3 Å². The van der Waals surface area contributed by atoms with Gasteiger partial charge in [0.25, 0.3) is 5.69 Å². The van der Waals surface area contributed by atoms with Crippen molar-refractivity contribution in [2.45, 2.75) is 32.0 Å². The molecular weight excluding hydrogens is 388 g/mol. The number of benzene rings is 1. The molecule has 1 aliphatic rings. The Bertz CT molecular complexity index is 1050. The molecule has 2 aromatic heterocycles. The summed E-state index contributed by atoms with van der Waals surface area (Å²) in [4.78, 5) is 17.3. The summed E-state index contributed by atoms with van der Waals surface area (Å²) >= 11 is 5.59. The molecule has 2 atom stereocenters. The lowest BCUT2D eigenvalue weighted by Gasteiger charge is -2.29. The van der Waals surface area contributed by atoms with Crippen LogP contribution in [0.3, 0.4) is 0 Å². The first-order chi connectivity index (χ1) is 14.0. The third-order valence-electron chi connectivity index (χ3n) is 4.95. The van der Waals surface area contributed by atoms with Crippen LogP contribution in [0.2, 0.25) is 0 Å². The Hall–Kier alpha value is -3.26. The Morgan fingerprint density at radius 3 is 2.72 bits per heavy atom. The highest BCUT2D eigenvalue weighted by Crippen LogP contribution is 2.41. The molecule has 1 saturated heterocycles. The second-order valence-electron chi connectivity index (χ2n) is 7.14. The van der Waals surface area contributed by atoms with E-state index >= 15 is 0 Å². The number of thiocarbonyl (C=S) groups is 1. The molecule has 148 valence electrons. The van der Waals surface area contributed by atoms with E-state index in [9.17, 15) is 10.1 Å². The lowest BCUT2D eigenvalue weighted by atomic mass is 10.0. The molecule has 0 spiro atoms. The Morgan fingerprint density at radius 2 is 2.03 bits per heavy atom. The number of nitro groups is 1. The molecular formula is C21H20N4O3S. The molecule has 0 aliphatic carbocycles. The van der Waals surface area contributed by atoms with Crippen LogP contribution in [-0.4, -0.2) is 26.0 Å². The van der Waals surface area contributed by atoms with Crippen molar-refractivity contribution >= 4 is 23.0 Å². The van der Waals surface area contributed by atoms with E-state index < -0.39 is 4.92 Å². The van der Waals surface area contributed by atoms with E-state index in [0.29, 0.717) is 16.4 Å². The molecule has 3 heterocycles. The van der Waals surface area contributed by atoms with Gasteiger partial charge in [-0.2, -0.15) is 0 Å². The molecule has 0 saturated carbocycles. The fourth-order valence-corrected chi connectivity index (χ4v) is 4.12. The number of hydrogen-bond acceptors (Lipinski definition) is 5. The van der Waals surface area contributed by atoms with Gasteiger partial charge >= 0.3 is 0 Å². The molecule has 3 aromatic rings. The average molecular weight is 408 g/mol. The zero-order valence-corrected chi connectivity index (χ0v) is 16.8. The number of nitrogens with one attached hydrogen (secondary N) is 1. The smallest absolute Gasteiger partial charge is 0.270 e. The summed E-state index contributed by atoms with van der Waals surface area (Å²) in [6.07, 6.45) is 1.76. The molecule has 1 aromatic carbocycles. The van der Waals surface area contributed by atoms with E-state index in [4.69, 9.17) is 16.6 Å². The van der Waals surface area contributed by atoms with E-state index in [2.05, 4.69) is 29.0 Å². The van der Waals surface area contributed by atoms with Gasteiger partial charge in [0.05, 0.1) is 16.7 Å². The van der Waals surface area contributed by atoms with Crippen LogP contribution in [0.15, 0.2) is 65.2 Å². The number of aromatic nitrogens is 1. The first kappa shape index (κ1) is 19.1. The first-order valence-electron chi connectivity index (χ1n) is 9.30. The molecule has 0 amide bonds. The largest absolute Gasteiger partial charge is 0.459 e. The molecule has 2 unspecified atom stereocenters. The molecule has 8 heteroatoms. The van der Waals surface area contributed by atoms with Gasteiger partial charge in [-0.15, -0.1) is 0 Å². The summed E-state index contributed by atoms with van der Waals surface area (Å²) in [6, 6.07) is 15.8. The van der Waals surface area contributed by atoms with Gasteiger partial charge in [-0.3, -0.25) is 15.1 Å². The van der Waals surface area contributed by atoms with Gasteiger partial charge in [-0.05, 0) is 50.3 Å². The SMILES string of the molecule is CC(C)N1C(=S)NC(c2ccccn2)C1c1ccc(-c2cccc([N+](=O)[O-])c2)o1. The Kier molecular flexibility index (Phi) is 5.02. The van der Waals surface area contributed by atoms with Crippen LogP contribution < -0.4 is 5.32 Å². The van der Waals surface area contributed by atoms with Gasteiger partial charge in [0, 0.05) is 29.9 Å². The van der Waals surface area contributed by atoms with Crippen LogP contribution in [0.1, 0.15) is 37.4 Å². The maximum absolute atomic E-state index is 11.1.